The van der Waals surface area contributed by atoms with E-state index < -0.39 is 0 Å². The fraction of sp³-hybridized carbons (Fsp3) is 0.294. The highest BCUT2D eigenvalue weighted by molar-refractivity contribution is 5.81. The largest absolute Gasteiger partial charge is 0.493 e. The zero-order chi connectivity index (χ0) is 13.7. The van der Waals surface area contributed by atoms with Crippen molar-refractivity contribution in [2.75, 3.05) is 20.8 Å². The molecular weight excluding hydrogens is 250 g/mol. The van der Waals surface area contributed by atoms with E-state index in [0.29, 0.717) is 0 Å². The maximum atomic E-state index is 5.46. The van der Waals surface area contributed by atoms with Gasteiger partial charge < -0.3 is 9.47 Å². The molecule has 3 nitrogen and oxygen atoms in total. The Balaban J connectivity index is 1.97. The molecule has 2 aromatic carbocycles. The lowest BCUT2D eigenvalue weighted by atomic mass is 9.92. The average molecular weight is 268 g/mol. The molecule has 1 unspecified atom stereocenters. The Labute approximate surface area is 118 Å². The van der Waals surface area contributed by atoms with E-state index in [1.807, 2.05) is 0 Å². The van der Waals surface area contributed by atoms with Crippen LogP contribution in [0, 0.1) is 0 Å². The van der Waals surface area contributed by atoms with Crippen LogP contribution in [0.25, 0.3) is 11.1 Å². The third kappa shape index (κ3) is 1.50. The first-order chi connectivity index (χ1) is 9.81. The maximum Gasteiger partial charge on any atom is 0.161 e. The summed E-state index contributed by atoms with van der Waals surface area (Å²) in [6.07, 6.45) is 1.18. The molecule has 3 heteroatoms. The first-order valence-electron chi connectivity index (χ1n) is 7.04. The summed E-state index contributed by atoms with van der Waals surface area (Å²) in [4.78, 5) is 1.58. The molecule has 2 aliphatic heterocycles. The van der Waals surface area contributed by atoms with Gasteiger partial charge in [-0.25, -0.2) is 0 Å². The van der Waals surface area contributed by atoms with Crippen molar-refractivity contribution < 1.29 is 14.4 Å². The Kier molecular flexibility index (Phi) is 2.51. The number of quaternary nitrogens is 1. The van der Waals surface area contributed by atoms with E-state index in [2.05, 4.69) is 30.3 Å². The molecule has 2 aliphatic rings. The predicted molar refractivity (Wildman–Crippen MR) is 77.9 cm³/mol. The van der Waals surface area contributed by atoms with Crippen molar-refractivity contribution in [3.8, 4) is 22.6 Å². The molecule has 1 N–H and O–H groups in total. The number of hydrogen-bond donors (Lipinski definition) is 1. The molecule has 0 saturated heterocycles. The molecule has 0 aliphatic carbocycles. The minimum Gasteiger partial charge on any atom is -0.493 e. The second-order valence-corrected chi connectivity index (χ2v) is 5.48. The molecule has 0 radical (unpaired) electrons. The molecule has 0 bridgehead atoms. The van der Waals surface area contributed by atoms with Crippen LogP contribution in [0.1, 0.15) is 11.1 Å². The summed E-state index contributed by atoms with van der Waals surface area (Å²) >= 11 is 0. The molecule has 20 heavy (non-hydrogen) atoms. The summed E-state index contributed by atoms with van der Waals surface area (Å²) < 4.78 is 10.9. The van der Waals surface area contributed by atoms with Gasteiger partial charge in [-0.1, -0.05) is 12.1 Å². The van der Waals surface area contributed by atoms with Gasteiger partial charge in [0.15, 0.2) is 11.5 Å². The Bertz CT molecular complexity index is 694. The standard InChI is InChI=1S/C17H17NO2/c1-19-15-8-12-10-18-7-6-11-4-3-5-13(17(11)18)14(12)9-16(15)20-2/h3-5,8-9H,6-7,10H2,1-2H3/p+1. The van der Waals surface area contributed by atoms with Crippen molar-refractivity contribution in [2.24, 2.45) is 0 Å². The normalized spacial score (nSPS) is 18.4. The van der Waals surface area contributed by atoms with Crippen LogP contribution < -0.4 is 14.4 Å². The minimum absolute atomic E-state index is 0.810. The molecular formula is C17H18NO2+. The van der Waals surface area contributed by atoms with E-state index in [1.54, 1.807) is 19.1 Å². The lowest BCUT2D eigenvalue weighted by molar-refractivity contribution is -0.841. The summed E-state index contributed by atoms with van der Waals surface area (Å²) in [5, 5.41) is 0. The van der Waals surface area contributed by atoms with Gasteiger partial charge in [0, 0.05) is 28.7 Å². The number of para-hydroxylation sites is 1. The van der Waals surface area contributed by atoms with Crippen molar-refractivity contribution in [3.05, 3.63) is 41.5 Å². The molecule has 0 amide bonds. The number of methoxy groups -OCH3 is 2. The van der Waals surface area contributed by atoms with Crippen molar-refractivity contribution >= 4 is 5.69 Å². The lowest BCUT2D eigenvalue weighted by Gasteiger charge is -2.25. The van der Waals surface area contributed by atoms with Gasteiger partial charge in [-0.3, -0.25) is 4.90 Å². The first-order valence-corrected chi connectivity index (χ1v) is 7.04. The van der Waals surface area contributed by atoms with Gasteiger partial charge in [-0.15, -0.1) is 0 Å². The van der Waals surface area contributed by atoms with Crippen LogP contribution in [0.3, 0.4) is 0 Å². The molecule has 1 atom stereocenters. The van der Waals surface area contributed by atoms with Crippen LogP contribution >= 0.6 is 0 Å². The van der Waals surface area contributed by atoms with Crippen LogP contribution in [-0.4, -0.2) is 20.8 Å². The first kappa shape index (κ1) is 11.8. The second-order valence-electron chi connectivity index (χ2n) is 5.48. The fourth-order valence-electron chi connectivity index (χ4n) is 3.59. The molecule has 102 valence electrons. The van der Waals surface area contributed by atoms with Gasteiger partial charge in [0.25, 0.3) is 0 Å². The molecule has 0 saturated carbocycles. The molecule has 2 heterocycles. The average Bonchev–Trinajstić information content (AvgIpc) is 2.91. The van der Waals surface area contributed by atoms with Crippen LogP contribution in [0.2, 0.25) is 0 Å². The molecule has 2 aromatic rings. The van der Waals surface area contributed by atoms with E-state index in [9.17, 15) is 0 Å². The lowest BCUT2D eigenvalue weighted by Crippen LogP contribution is -3.05. The van der Waals surface area contributed by atoms with Gasteiger partial charge in [0.05, 0.1) is 20.8 Å². The van der Waals surface area contributed by atoms with Crippen LogP contribution in [0.15, 0.2) is 30.3 Å². The summed E-state index contributed by atoms with van der Waals surface area (Å²) in [7, 11) is 3.39. The van der Waals surface area contributed by atoms with Gasteiger partial charge in [-0.05, 0) is 18.2 Å². The highest BCUT2D eigenvalue weighted by Crippen LogP contribution is 2.41. The Morgan fingerprint density at radius 3 is 2.55 bits per heavy atom. The third-order valence-electron chi connectivity index (χ3n) is 4.50. The number of rotatable bonds is 2. The molecule has 4 rings (SSSR count). The monoisotopic (exact) mass is 268 g/mol. The predicted octanol–water partition coefficient (Wildman–Crippen LogP) is 1.96. The quantitative estimate of drug-likeness (QED) is 0.899. The zero-order valence-corrected chi connectivity index (χ0v) is 11.8. The van der Waals surface area contributed by atoms with E-state index in [-0.39, 0.29) is 0 Å². The number of ether oxygens (including phenoxy) is 2. The van der Waals surface area contributed by atoms with E-state index >= 15 is 0 Å². The molecule has 0 aromatic heterocycles. The van der Waals surface area contributed by atoms with E-state index in [4.69, 9.17) is 9.47 Å². The zero-order valence-electron chi connectivity index (χ0n) is 11.8. The van der Waals surface area contributed by atoms with Crippen LogP contribution in [0.4, 0.5) is 5.69 Å². The van der Waals surface area contributed by atoms with Gasteiger partial charge in [-0.2, -0.15) is 0 Å². The van der Waals surface area contributed by atoms with Gasteiger partial charge in [0.2, 0.25) is 0 Å². The summed E-state index contributed by atoms with van der Waals surface area (Å²) in [6.45, 7) is 2.24. The maximum absolute atomic E-state index is 5.46. The summed E-state index contributed by atoms with van der Waals surface area (Å²) in [5.74, 6) is 1.63. The number of nitrogens with one attached hydrogen (secondary N) is 1. The Hall–Kier alpha value is -2.00. The van der Waals surface area contributed by atoms with Crippen molar-refractivity contribution in [1.82, 2.24) is 0 Å². The number of fused-ring (bicyclic) bond motifs is 2. The molecule has 0 fully saturated rings. The second kappa shape index (κ2) is 4.25. The van der Waals surface area contributed by atoms with Gasteiger partial charge in [0.1, 0.15) is 12.2 Å². The smallest absolute Gasteiger partial charge is 0.161 e. The van der Waals surface area contributed by atoms with Crippen LogP contribution in [-0.2, 0) is 13.0 Å². The number of hydrogen-bond acceptors (Lipinski definition) is 2. The van der Waals surface area contributed by atoms with Crippen LogP contribution in [0.5, 0.6) is 11.5 Å². The van der Waals surface area contributed by atoms with Crippen molar-refractivity contribution in [1.29, 1.82) is 0 Å². The van der Waals surface area contributed by atoms with E-state index in [0.717, 1.165) is 18.0 Å². The summed E-state index contributed by atoms with van der Waals surface area (Å²) in [5.41, 5.74) is 7.00. The van der Waals surface area contributed by atoms with Gasteiger partial charge >= 0.3 is 0 Å². The van der Waals surface area contributed by atoms with Crippen molar-refractivity contribution in [3.63, 3.8) is 0 Å². The Morgan fingerprint density at radius 1 is 0.950 bits per heavy atom. The SMILES string of the molecule is COc1cc2c(cc1OC)-c1cccc3c1[NH+](CC3)C2. The third-order valence-corrected chi connectivity index (χ3v) is 4.50. The minimum atomic E-state index is 0.810. The van der Waals surface area contributed by atoms with E-state index in [1.165, 1.54) is 40.9 Å². The molecule has 0 spiro atoms. The highest BCUT2D eigenvalue weighted by Gasteiger charge is 2.34. The highest BCUT2D eigenvalue weighted by atomic mass is 16.5. The summed E-state index contributed by atoms with van der Waals surface area (Å²) in [6, 6.07) is 10.9. The number of benzene rings is 2. The van der Waals surface area contributed by atoms with Crippen molar-refractivity contribution in [2.45, 2.75) is 13.0 Å². The fourth-order valence-corrected chi connectivity index (χ4v) is 3.59. The Morgan fingerprint density at radius 2 is 1.75 bits per heavy atom. The topological polar surface area (TPSA) is 22.9 Å².